The fraction of sp³-hybridized carbons (Fsp3) is 0.0714. The third-order valence-electron chi connectivity index (χ3n) is 3.02. The third kappa shape index (κ3) is 2.10. The molecule has 100 valence electrons. The molecule has 2 heterocycles. The van der Waals surface area contributed by atoms with Crippen molar-refractivity contribution in [1.82, 2.24) is 9.55 Å². The summed E-state index contributed by atoms with van der Waals surface area (Å²) in [5.41, 5.74) is 1.79. The van der Waals surface area contributed by atoms with Crippen molar-refractivity contribution in [3.8, 4) is 0 Å². The Morgan fingerprint density at radius 3 is 2.90 bits per heavy atom. The molecule has 0 saturated carbocycles. The Morgan fingerprint density at radius 2 is 2.10 bits per heavy atom. The van der Waals surface area contributed by atoms with Crippen molar-refractivity contribution < 1.29 is 9.90 Å². The van der Waals surface area contributed by atoms with Crippen LogP contribution in [0.3, 0.4) is 0 Å². The second-order valence-electron chi connectivity index (χ2n) is 4.25. The summed E-state index contributed by atoms with van der Waals surface area (Å²) in [6.07, 6.45) is 1.26. The monoisotopic (exact) mass is 286 g/mol. The van der Waals surface area contributed by atoms with Gasteiger partial charge < -0.3 is 9.67 Å². The van der Waals surface area contributed by atoms with E-state index in [1.165, 1.54) is 10.8 Å². The summed E-state index contributed by atoms with van der Waals surface area (Å²) >= 11 is 1.16. The standard InChI is InChI=1S/C14H10N2O3S/c17-12-7-15-10-3-1-2-4-11(10)16(12)8-9-5-6-20-13(9)14(18)19/h1-7H,8H2,(H,18,19). The lowest BCUT2D eigenvalue weighted by atomic mass is 10.2. The van der Waals surface area contributed by atoms with Crippen molar-refractivity contribution in [3.63, 3.8) is 0 Å². The number of carboxylic acids is 1. The zero-order valence-corrected chi connectivity index (χ0v) is 11.1. The molecule has 20 heavy (non-hydrogen) atoms. The van der Waals surface area contributed by atoms with Gasteiger partial charge >= 0.3 is 5.97 Å². The average Bonchev–Trinajstić information content (AvgIpc) is 2.90. The molecule has 3 aromatic rings. The van der Waals surface area contributed by atoms with Crippen molar-refractivity contribution >= 4 is 28.3 Å². The van der Waals surface area contributed by atoms with Gasteiger partial charge in [-0.2, -0.15) is 0 Å². The molecular weight excluding hydrogens is 276 g/mol. The van der Waals surface area contributed by atoms with Crippen LogP contribution in [0.5, 0.6) is 0 Å². The van der Waals surface area contributed by atoms with E-state index in [-0.39, 0.29) is 17.0 Å². The van der Waals surface area contributed by atoms with E-state index in [1.54, 1.807) is 17.5 Å². The number of nitrogens with zero attached hydrogens (tertiary/aromatic N) is 2. The summed E-state index contributed by atoms with van der Waals surface area (Å²) in [5.74, 6) is -0.971. The minimum Gasteiger partial charge on any atom is -0.477 e. The number of para-hydroxylation sites is 2. The van der Waals surface area contributed by atoms with Crippen LogP contribution in [0.4, 0.5) is 0 Å². The van der Waals surface area contributed by atoms with Gasteiger partial charge in [-0.3, -0.25) is 4.79 Å². The SMILES string of the molecule is O=C(O)c1sccc1Cn1c(=O)cnc2ccccc21. The highest BCUT2D eigenvalue weighted by Gasteiger charge is 2.13. The highest BCUT2D eigenvalue weighted by atomic mass is 32.1. The summed E-state index contributed by atoms with van der Waals surface area (Å²) < 4.78 is 1.54. The van der Waals surface area contributed by atoms with Crippen molar-refractivity contribution in [2.45, 2.75) is 6.54 Å². The maximum absolute atomic E-state index is 12.0. The van der Waals surface area contributed by atoms with Crippen LogP contribution >= 0.6 is 11.3 Å². The first-order valence-electron chi connectivity index (χ1n) is 5.91. The first kappa shape index (κ1) is 12.6. The minimum atomic E-state index is -0.971. The van der Waals surface area contributed by atoms with Gasteiger partial charge in [-0.1, -0.05) is 12.1 Å². The van der Waals surface area contributed by atoms with Gasteiger partial charge in [0, 0.05) is 0 Å². The molecule has 0 atom stereocenters. The first-order valence-corrected chi connectivity index (χ1v) is 6.79. The van der Waals surface area contributed by atoms with E-state index >= 15 is 0 Å². The van der Waals surface area contributed by atoms with Gasteiger partial charge in [-0.15, -0.1) is 11.3 Å². The summed E-state index contributed by atoms with van der Waals surface area (Å²) in [6.45, 7) is 0.229. The Balaban J connectivity index is 2.15. The van der Waals surface area contributed by atoms with Gasteiger partial charge in [0.25, 0.3) is 5.56 Å². The molecule has 1 aromatic carbocycles. The van der Waals surface area contributed by atoms with Gasteiger partial charge in [-0.25, -0.2) is 9.78 Å². The van der Waals surface area contributed by atoms with E-state index < -0.39 is 5.97 Å². The Bertz CT molecular complexity index is 851. The number of fused-ring (bicyclic) bond motifs is 1. The Kier molecular flexibility index (Phi) is 3.08. The molecule has 0 radical (unpaired) electrons. The molecule has 6 heteroatoms. The fourth-order valence-electron chi connectivity index (χ4n) is 2.10. The maximum Gasteiger partial charge on any atom is 0.346 e. The van der Waals surface area contributed by atoms with Crippen LogP contribution in [0, 0.1) is 0 Å². The van der Waals surface area contributed by atoms with E-state index in [2.05, 4.69) is 4.98 Å². The number of benzene rings is 1. The molecule has 0 spiro atoms. The second kappa shape index (κ2) is 4.90. The zero-order valence-electron chi connectivity index (χ0n) is 10.3. The lowest BCUT2D eigenvalue weighted by Gasteiger charge is -2.09. The molecule has 0 bridgehead atoms. The molecule has 2 aromatic heterocycles. The highest BCUT2D eigenvalue weighted by molar-refractivity contribution is 7.12. The normalized spacial score (nSPS) is 10.8. The number of thiophene rings is 1. The topological polar surface area (TPSA) is 72.2 Å². The van der Waals surface area contributed by atoms with E-state index in [1.807, 2.05) is 18.2 Å². The van der Waals surface area contributed by atoms with Crippen LogP contribution in [0.2, 0.25) is 0 Å². The predicted molar refractivity (Wildman–Crippen MR) is 76.4 cm³/mol. The number of hydrogen-bond acceptors (Lipinski definition) is 4. The smallest absolute Gasteiger partial charge is 0.346 e. The van der Waals surface area contributed by atoms with Crippen LogP contribution in [-0.4, -0.2) is 20.6 Å². The maximum atomic E-state index is 12.0. The van der Waals surface area contributed by atoms with Crippen LogP contribution in [0.25, 0.3) is 11.0 Å². The summed E-state index contributed by atoms with van der Waals surface area (Å²) in [4.78, 5) is 27.5. The molecule has 0 aliphatic carbocycles. The van der Waals surface area contributed by atoms with Crippen LogP contribution in [0.15, 0.2) is 46.7 Å². The van der Waals surface area contributed by atoms with E-state index in [4.69, 9.17) is 5.11 Å². The van der Waals surface area contributed by atoms with Crippen molar-refractivity contribution in [3.05, 3.63) is 62.7 Å². The number of carbonyl (C=O) groups is 1. The van der Waals surface area contributed by atoms with E-state index in [0.717, 1.165) is 11.3 Å². The van der Waals surface area contributed by atoms with Crippen molar-refractivity contribution in [2.24, 2.45) is 0 Å². The van der Waals surface area contributed by atoms with Gasteiger partial charge in [0.15, 0.2) is 0 Å². The van der Waals surface area contributed by atoms with Crippen LogP contribution in [0.1, 0.15) is 15.2 Å². The van der Waals surface area contributed by atoms with Gasteiger partial charge in [-0.05, 0) is 29.1 Å². The second-order valence-corrected chi connectivity index (χ2v) is 5.17. The van der Waals surface area contributed by atoms with E-state index in [0.29, 0.717) is 16.6 Å². The first-order chi connectivity index (χ1) is 9.66. The predicted octanol–water partition coefficient (Wildman–Crippen LogP) is 2.20. The molecule has 5 nitrogen and oxygen atoms in total. The van der Waals surface area contributed by atoms with Gasteiger partial charge in [0.2, 0.25) is 0 Å². The third-order valence-corrected chi connectivity index (χ3v) is 3.97. The molecule has 0 unspecified atom stereocenters. The van der Waals surface area contributed by atoms with Crippen LogP contribution in [-0.2, 0) is 6.54 Å². The molecule has 0 saturated heterocycles. The highest BCUT2D eigenvalue weighted by Crippen LogP contribution is 2.19. The molecule has 0 aliphatic heterocycles. The largest absolute Gasteiger partial charge is 0.477 e. The summed E-state index contributed by atoms with van der Waals surface area (Å²) in [7, 11) is 0. The Labute approximate surface area is 117 Å². The number of aromatic nitrogens is 2. The minimum absolute atomic E-state index is 0.229. The summed E-state index contributed by atoms with van der Waals surface area (Å²) in [6, 6.07) is 9.02. The van der Waals surface area contributed by atoms with Crippen LogP contribution < -0.4 is 5.56 Å². The van der Waals surface area contributed by atoms with Gasteiger partial charge in [0.1, 0.15) is 4.88 Å². The number of aromatic carboxylic acids is 1. The van der Waals surface area contributed by atoms with Crippen molar-refractivity contribution in [1.29, 1.82) is 0 Å². The molecule has 1 N–H and O–H groups in total. The van der Waals surface area contributed by atoms with Crippen molar-refractivity contribution in [2.75, 3.05) is 0 Å². The van der Waals surface area contributed by atoms with Gasteiger partial charge in [0.05, 0.1) is 23.8 Å². The Hall–Kier alpha value is -2.47. The lowest BCUT2D eigenvalue weighted by Crippen LogP contribution is -2.21. The number of rotatable bonds is 3. The average molecular weight is 286 g/mol. The van der Waals surface area contributed by atoms with E-state index in [9.17, 15) is 9.59 Å². The fourth-order valence-corrected chi connectivity index (χ4v) is 2.85. The molecular formula is C14H10N2O3S. The summed E-state index contributed by atoms with van der Waals surface area (Å²) in [5, 5.41) is 10.8. The number of carboxylic acid groups (broad SMARTS) is 1. The number of hydrogen-bond donors (Lipinski definition) is 1. The molecule has 0 amide bonds. The molecule has 0 fully saturated rings. The molecule has 0 aliphatic rings. The molecule has 3 rings (SSSR count). The lowest BCUT2D eigenvalue weighted by molar-refractivity contribution is 0.0701. The zero-order chi connectivity index (χ0) is 14.1. The Morgan fingerprint density at radius 1 is 1.30 bits per heavy atom. The quantitative estimate of drug-likeness (QED) is 0.801.